The highest BCUT2D eigenvalue weighted by molar-refractivity contribution is 5.34. The van der Waals surface area contributed by atoms with Gasteiger partial charge in [-0.05, 0) is 37.3 Å². The van der Waals surface area contributed by atoms with Crippen molar-refractivity contribution in [3.63, 3.8) is 0 Å². The van der Waals surface area contributed by atoms with E-state index in [1.165, 1.54) is 0 Å². The van der Waals surface area contributed by atoms with E-state index in [0.29, 0.717) is 11.7 Å². The molecule has 0 aliphatic rings. The molecular formula is C12H19NO. The second kappa shape index (κ2) is 5.01. The van der Waals surface area contributed by atoms with Gasteiger partial charge < -0.3 is 10.8 Å². The minimum atomic E-state index is 0.239. The van der Waals surface area contributed by atoms with Gasteiger partial charge in [0.1, 0.15) is 5.75 Å². The first-order chi connectivity index (χ1) is 6.61. The van der Waals surface area contributed by atoms with E-state index < -0.39 is 0 Å². The van der Waals surface area contributed by atoms with Crippen LogP contribution in [0, 0.1) is 0 Å². The van der Waals surface area contributed by atoms with E-state index in [-0.39, 0.29) is 6.04 Å². The van der Waals surface area contributed by atoms with Gasteiger partial charge in [-0.15, -0.1) is 0 Å². The van der Waals surface area contributed by atoms with E-state index in [4.69, 9.17) is 5.73 Å². The molecule has 2 atom stereocenters. The summed E-state index contributed by atoms with van der Waals surface area (Å²) in [5.74, 6) is 0.770. The van der Waals surface area contributed by atoms with Crippen molar-refractivity contribution < 1.29 is 5.11 Å². The summed E-state index contributed by atoms with van der Waals surface area (Å²) >= 11 is 0. The normalized spacial score (nSPS) is 15.1. The average molecular weight is 193 g/mol. The SMILES string of the molecule is CC(N)CCC(C)c1ccccc1O. The van der Waals surface area contributed by atoms with Crippen LogP contribution in [0.4, 0.5) is 0 Å². The molecule has 1 aromatic rings. The number of hydrogen-bond donors (Lipinski definition) is 2. The Kier molecular flexibility index (Phi) is 3.96. The summed E-state index contributed by atoms with van der Waals surface area (Å²) in [5.41, 5.74) is 6.72. The lowest BCUT2D eigenvalue weighted by Gasteiger charge is -2.14. The largest absolute Gasteiger partial charge is 0.508 e. The van der Waals surface area contributed by atoms with Gasteiger partial charge in [0.15, 0.2) is 0 Å². The summed E-state index contributed by atoms with van der Waals surface area (Å²) in [7, 11) is 0. The molecule has 0 amide bonds. The zero-order valence-electron chi connectivity index (χ0n) is 8.90. The van der Waals surface area contributed by atoms with Gasteiger partial charge in [0, 0.05) is 6.04 Å². The van der Waals surface area contributed by atoms with Gasteiger partial charge >= 0.3 is 0 Å². The Morgan fingerprint density at radius 2 is 1.86 bits per heavy atom. The number of para-hydroxylation sites is 1. The molecule has 3 N–H and O–H groups in total. The summed E-state index contributed by atoms with van der Waals surface area (Å²) in [6.07, 6.45) is 2.02. The van der Waals surface area contributed by atoms with Crippen LogP contribution in [0.1, 0.15) is 38.2 Å². The fraction of sp³-hybridized carbons (Fsp3) is 0.500. The first-order valence-electron chi connectivity index (χ1n) is 5.14. The quantitative estimate of drug-likeness (QED) is 0.772. The van der Waals surface area contributed by atoms with E-state index in [1.54, 1.807) is 6.07 Å². The molecule has 2 nitrogen and oxygen atoms in total. The van der Waals surface area contributed by atoms with Crippen LogP contribution in [0.25, 0.3) is 0 Å². The van der Waals surface area contributed by atoms with Crippen LogP contribution in [0.3, 0.4) is 0 Å². The first-order valence-corrected chi connectivity index (χ1v) is 5.14. The molecule has 0 saturated heterocycles. The Morgan fingerprint density at radius 3 is 2.43 bits per heavy atom. The molecule has 0 aliphatic carbocycles. The zero-order valence-corrected chi connectivity index (χ0v) is 8.90. The molecule has 2 unspecified atom stereocenters. The average Bonchev–Trinajstić information content (AvgIpc) is 2.15. The fourth-order valence-corrected chi connectivity index (χ4v) is 1.57. The Morgan fingerprint density at radius 1 is 1.21 bits per heavy atom. The van der Waals surface area contributed by atoms with Crippen molar-refractivity contribution in [2.45, 2.75) is 38.6 Å². The summed E-state index contributed by atoms with van der Waals surface area (Å²) in [4.78, 5) is 0. The molecule has 0 spiro atoms. The van der Waals surface area contributed by atoms with Gasteiger partial charge in [-0.1, -0.05) is 25.1 Å². The third kappa shape index (κ3) is 3.04. The van der Waals surface area contributed by atoms with Crippen LogP contribution in [-0.4, -0.2) is 11.1 Å². The van der Waals surface area contributed by atoms with Crippen molar-refractivity contribution in [1.29, 1.82) is 0 Å². The van der Waals surface area contributed by atoms with Crippen LogP contribution in [0.5, 0.6) is 5.75 Å². The van der Waals surface area contributed by atoms with Crippen LogP contribution in [-0.2, 0) is 0 Å². The molecule has 0 radical (unpaired) electrons. The van der Waals surface area contributed by atoms with Gasteiger partial charge in [0.25, 0.3) is 0 Å². The lowest BCUT2D eigenvalue weighted by molar-refractivity contribution is 0.457. The second-order valence-electron chi connectivity index (χ2n) is 4.01. The summed E-state index contributed by atoms with van der Waals surface area (Å²) in [5, 5.41) is 9.61. The molecule has 0 heterocycles. The van der Waals surface area contributed by atoms with Crippen molar-refractivity contribution in [3.05, 3.63) is 29.8 Å². The summed E-state index contributed by atoms with van der Waals surface area (Å²) < 4.78 is 0. The molecule has 0 fully saturated rings. The maximum Gasteiger partial charge on any atom is 0.119 e. The maximum absolute atomic E-state index is 9.61. The highest BCUT2D eigenvalue weighted by atomic mass is 16.3. The molecule has 0 aromatic heterocycles. The monoisotopic (exact) mass is 193 g/mol. The number of rotatable bonds is 4. The van der Waals surface area contributed by atoms with E-state index >= 15 is 0 Å². The molecule has 0 bridgehead atoms. The molecule has 2 heteroatoms. The second-order valence-corrected chi connectivity index (χ2v) is 4.01. The van der Waals surface area contributed by atoms with Crippen molar-refractivity contribution in [2.24, 2.45) is 5.73 Å². The lowest BCUT2D eigenvalue weighted by Crippen LogP contribution is -2.15. The Bertz CT molecular complexity index is 283. The van der Waals surface area contributed by atoms with Crippen LogP contribution >= 0.6 is 0 Å². The first kappa shape index (κ1) is 11.1. The van der Waals surface area contributed by atoms with Crippen LogP contribution < -0.4 is 5.73 Å². The van der Waals surface area contributed by atoms with Crippen molar-refractivity contribution in [3.8, 4) is 5.75 Å². The van der Waals surface area contributed by atoms with Gasteiger partial charge in [0.2, 0.25) is 0 Å². The highest BCUT2D eigenvalue weighted by Crippen LogP contribution is 2.28. The van der Waals surface area contributed by atoms with E-state index in [0.717, 1.165) is 18.4 Å². The van der Waals surface area contributed by atoms with Crippen molar-refractivity contribution >= 4 is 0 Å². The van der Waals surface area contributed by atoms with E-state index in [2.05, 4.69) is 6.92 Å². The Hall–Kier alpha value is -1.02. The number of hydrogen-bond acceptors (Lipinski definition) is 2. The summed E-state index contributed by atoms with van der Waals surface area (Å²) in [6.45, 7) is 4.13. The topological polar surface area (TPSA) is 46.2 Å². The Balaban J connectivity index is 2.60. The van der Waals surface area contributed by atoms with Gasteiger partial charge in [0.05, 0.1) is 0 Å². The summed E-state index contributed by atoms with van der Waals surface area (Å²) in [6, 6.07) is 7.75. The number of phenolic OH excluding ortho intramolecular Hbond substituents is 1. The smallest absolute Gasteiger partial charge is 0.119 e. The van der Waals surface area contributed by atoms with E-state index in [9.17, 15) is 5.11 Å². The molecule has 14 heavy (non-hydrogen) atoms. The predicted molar refractivity (Wildman–Crippen MR) is 59.4 cm³/mol. The lowest BCUT2D eigenvalue weighted by atomic mass is 9.94. The molecule has 0 aliphatic heterocycles. The maximum atomic E-state index is 9.61. The van der Waals surface area contributed by atoms with Crippen molar-refractivity contribution in [2.75, 3.05) is 0 Å². The Labute approximate surface area is 85.8 Å². The predicted octanol–water partition coefficient (Wildman–Crippen LogP) is 2.62. The minimum absolute atomic E-state index is 0.239. The molecule has 1 aromatic carbocycles. The van der Waals surface area contributed by atoms with Crippen molar-refractivity contribution in [1.82, 2.24) is 0 Å². The fourth-order valence-electron chi connectivity index (χ4n) is 1.57. The zero-order chi connectivity index (χ0) is 10.6. The van der Waals surface area contributed by atoms with Gasteiger partial charge in [-0.3, -0.25) is 0 Å². The molecule has 1 rings (SSSR count). The minimum Gasteiger partial charge on any atom is -0.508 e. The number of aromatic hydroxyl groups is 1. The number of nitrogens with two attached hydrogens (primary N) is 1. The van der Waals surface area contributed by atoms with E-state index in [1.807, 2.05) is 25.1 Å². The molecular weight excluding hydrogens is 174 g/mol. The van der Waals surface area contributed by atoms with Crippen LogP contribution in [0.2, 0.25) is 0 Å². The van der Waals surface area contributed by atoms with Crippen LogP contribution in [0.15, 0.2) is 24.3 Å². The molecule has 0 saturated carbocycles. The number of benzene rings is 1. The molecule has 78 valence electrons. The van der Waals surface area contributed by atoms with Gasteiger partial charge in [-0.25, -0.2) is 0 Å². The third-order valence-electron chi connectivity index (χ3n) is 2.52. The third-order valence-corrected chi connectivity index (χ3v) is 2.52. The standard InChI is InChI=1S/C12H19NO/c1-9(7-8-10(2)13)11-5-3-4-6-12(11)14/h3-6,9-10,14H,7-8,13H2,1-2H3. The van der Waals surface area contributed by atoms with Gasteiger partial charge in [-0.2, -0.15) is 0 Å². The highest BCUT2D eigenvalue weighted by Gasteiger charge is 2.09. The number of phenols is 1.